The van der Waals surface area contributed by atoms with Crippen LogP contribution in [0, 0.1) is 5.82 Å². The topological polar surface area (TPSA) is 78.4 Å². The molecule has 0 bridgehead atoms. The van der Waals surface area contributed by atoms with Crippen LogP contribution in [0.1, 0.15) is 31.9 Å². The second-order valence-corrected chi connectivity index (χ2v) is 4.19. The predicted octanol–water partition coefficient (Wildman–Crippen LogP) is 2.05. The minimum atomic E-state index is -1.09. The molecule has 0 aromatic heterocycles. The smallest absolute Gasteiger partial charge is 0.326 e. The van der Waals surface area contributed by atoms with Crippen LogP contribution in [0.5, 0.6) is 0 Å². The molecule has 104 valence electrons. The van der Waals surface area contributed by atoms with Gasteiger partial charge in [0.05, 0.1) is 6.04 Å². The standard InChI is InChI=1S/C13H17FN2O3/c1-3-11(12(17)18)16-13(19)15-8(2)9-5-4-6-10(14)7-9/h4-8,11H,3H2,1-2H3,(H,17,18)(H2,15,16,19). The summed E-state index contributed by atoms with van der Waals surface area (Å²) in [6.45, 7) is 3.35. The summed E-state index contributed by atoms with van der Waals surface area (Å²) in [5, 5.41) is 13.7. The van der Waals surface area contributed by atoms with Crippen molar-refractivity contribution in [2.45, 2.75) is 32.4 Å². The maximum Gasteiger partial charge on any atom is 0.326 e. The third kappa shape index (κ3) is 4.57. The number of urea groups is 1. The Hall–Kier alpha value is -2.11. The zero-order valence-corrected chi connectivity index (χ0v) is 10.8. The number of carbonyl (C=O) groups excluding carboxylic acids is 1. The van der Waals surface area contributed by atoms with Crippen molar-refractivity contribution in [3.05, 3.63) is 35.6 Å². The van der Waals surface area contributed by atoms with E-state index in [4.69, 9.17) is 5.11 Å². The molecule has 0 radical (unpaired) electrons. The van der Waals surface area contributed by atoms with E-state index in [1.54, 1.807) is 26.0 Å². The average Bonchev–Trinajstić information content (AvgIpc) is 2.35. The van der Waals surface area contributed by atoms with Crippen LogP contribution in [-0.4, -0.2) is 23.1 Å². The molecular formula is C13H17FN2O3. The number of aliphatic carboxylic acids is 1. The Bertz CT molecular complexity index is 465. The van der Waals surface area contributed by atoms with Crippen molar-refractivity contribution in [2.24, 2.45) is 0 Å². The molecule has 0 saturated heterocycles. The highest BCUT2D eigenvalue weighted by molar-refractivity contribution is 5.82. The van der Waals surface area contributed by atoms with Gasteiger partial charge in [-0.3, -0.25) is 0 Å². The highest BCUT2D eigenvalue weighted by Crippen LogP contribution is 2.13. The van der Waals surface area contributed by atoms with E-state index in [2.05, 4.69) is 10.6 Å². The molecule has 2 unspecified atom stereocenters. The summed E-state index contributed by atoms with van der Waals surface area (Å²) in [6.07, 6.45) is 0.289. The lowest BCUT2D eigenvalue weighted by Crippen LogP contribution is -2.46. The number of carboxylic acid groups (broad SMARTS) is 1. The van der Waals surface area contributed by atoms with Gasteiger partial charge >= 0.3 is 12.0 Å². The van der Waals surface area contributed by atoms with Crippen LogP contribution in [-0.2, 0) is 4.79 Å². The van der Waals surface area contributed by atoms with Gasteiger partial charge < -0.3 is 15.7 Å². The fraction of sp³-hybridized carbons (Fsp3) is 0.385. The van der Waals surface area contributed by atoms with Crippen molar-refractivity contribution in [3.63, 3.8) is 0 Å². The number of carbonyl (C=O) groups is 2. The summed E-state index contributed by atoms with van der Waals surface area (Å²) in [7, 11) is 0. The molecule has 2 atom stereocenters. The first-order valence-electron chi connectivity index (χ1n) is 5.99. The molecule has 0 spiro atoms. The summed E-state index contributed by atoms with van der Waals surface area (Å²) in [5.74, 6) is -1.47. The van der Waals surface area contributed by atoms with Crippen LogP contribution in [0.2, 0.25) is 0 Å². The lowest BCUT2D eigenvalue weighted by Gasteiger charge is -2.17. The van der Waals surface area contributed by atoms with Gasteiger partial charge in [0.15, 0.2) is 0 Å². The monoisotopic (exact) mass is 268 g/mol. The molecule has 5 nitrogen and oxygen atoms in total. The van der Waals surface area contributed by atoms with Crippen LogP contribution in [0.3, 0.4) is 0 Å². The summed E-state index contributed by atoms with van der Waals surface area (Å²) in [6, 6.07) is 3.93. The van der Waals surface area contributed by atoms with Crippen LogP contribution < -0.4 is 10.6 Å². The Morgan fingerprint density at radius 3 is 2.58 bits per heavy atom. The molecule has 3 N–H and O–H groups in total. The molecule has 0 fully saturated rings. The number of amides is 2. The fourth-order valence-corrected chi connectivity index (χ4v) is 1.59. The molecule has 1 aromatic rings. The van der Waals surface area contributed by atoms with Crippen molar-refractivity contribution in [1.82, 2.24) is 10.6 Å². The van der Waals surface area contributed by atoms with Gasteiger partial charge in [-0.2, -0.15) is 0 Å². The van der Waals surface area contributed by atoms with Crippen LogP contribution in [0.15, 0.2) is 24.3 Å². The number of halogens is 1. The zero-order valence-electron chi connectivity index (χ0n) is 10.8. The number of carboxylic acids is 1. The van der Waals surface area contributed by atoms with E-state index in [0.717, 1.165) is 0 Å². The lowest BCUT2D eigenvalue weighted by molar-refractivity contribution is -0.139. The van der Waals surface area contributed by atoms with Gasteiger partial charge in [0, 0.05) is 0 Å². The average molecular weight is 268 g/mol. The van der Waals surface area contributed by atoms with Gasteiger partial charge in [-0.25, -0.2) is 14.0 Å². The molecular weight excluding hydrogens is 251 g/mol. The first-order valence-corrected chi connectivity index (χ1v) is 5.99. The highest BCUT2D eigenvalue weighted by Gasteiger charge is 2.18. The molecule has 19 heavy (non-hydrogen) atoms. The van der Waals surface area contributed by atoms with Crippen LogP contribution in [0.4, 0.5) is 9.18 Å². The third-order valence-electron chi connectivity index (χ3n) is 2.71. The van der Waals surface area contributed by atoms with E-state index in [-0.39, 0.29) is 12.2 Å². The number of hydrogen-bond donors (Lipinski definition) is 3. The molecule has 0 aliphatic heterocycles. The maximum absolute atomic E-state index is 13.0. The lowest BCUT2D eigenvalue weighted by atomic mass is 10.1. The predicted molar refractivity (Wildman–Crippen MR) is 68.2 cm³/mol. The normalized spacial score (nSPS) is 13.4. The maximum atomic E-state index is 13.0. The van der Waals surface area contributed by atoms with E-state index >= 15 is 0 Å². The van der Waals surface area contributed by atoms with E-state index in [0.29, 0.717) is 5.56 Å². The van der Waals surface area contributed by atoms with Crippen LogP contribution >= 0.6 is 0 Å². The molecule has 0 aliphatic rings. The third-order valence-corrected chi connectivity index (χ3v) is 2.71. The largest absolute Gasteiger partial charge is 0.480 e. The number of nitrogens with one attached hydrogen (secondary N) is 2. The SMILES string of the molecule is CCC(NC(=O)NC(C)c1cccc(F)c1)C(=O)O. The summed E-state index contributed by atoms with van der Waals surface area (Å²) < 4.78 is 13.0. The van der Waals surface area contributed by atoms with E-state index in [9.17, 15) is 14.0 Å². The Balaban J connectivity index is 2.59. The molecule has 0 aliphatic carbocycles. The fourth-order valence-electron chi connectivity index (χ4n) is 1.59. The first-order chi connectivity index (χ1) is 8.93. The first kappa shape index (κ1) is 14.9. The van der Waals surface area contributed by atoms with Gasteiger partial charge in [0.2, 0.25) is 0 Å². The Kier molecular flexibility index (Phi) is 5.29. The molecule has 1 rings (SSSR count). The number of hydrogen-bond acceptors (Lipinski definition) is 2. The second-order valence-electron chi connectivity index (χ2n) is 4.19. The van der Waals surface area contributed by atoms with Gasteiger partial charge in [-0.05, 0) is 31.0 Å². The number of benzene rings is 1. The van der Waals surface area contributed by atoms with Crippen LogP contribution in [0.25, 0.3) is 0 Å². The van der Waals surface area contributed by atoms with Gasteiger partial charge in [-0.1, -0.05) is 19.1 Å². The second kappa shape index (κ2) is 6.72. The Morgan fingerprint density at radius 1 is 1.37 bits per heavy atom. The minimum absolute atomic E-state index is 0.289. The van der Waals surface area contributed by atoms with Crippen molar-refractivity contribution in [3.8, 4) is 0 Å². The van der Waals surface area contributed by atoms with Gasteiger partial charge in [0.25, 0.3) is 0 Å². The van der Waals surface area contributed by atoms with Gasteiger partial charge in [-0.15, -0.1) is 0 Å². The van der Waals surface area contributed by atoms with Crippen molar-refractivity contribution >= 4 is 12.0 Å². The van der Waals surface area contributed by atoms with Crippen molar-refractivity contribution < 1.29 is 19.1 Å². The van der Waals surface area contributed by atoms with E-state index in [1.165, 1.54) is 12.1 Å². The van der Waals surface area contributed by atoms with Crippen molar-refractivity contribution in [2.75, 3.05) is 0 Å². The minimum Gasteiger partial charge on any atom is -0.480 e. The van der Waals surface area contributed by atoms with Gasteiger partial charge in [0.1, 0.15) is 11.9 Å². The quantitative estimate of drug-likeness (QED) is 0.764. The molecule has 0 heterocycles. The zero-order chi connectivity index (χ0) is 14.4. The summed E-state index contributed by atoms with van der Waals surface area (Å²) in [4.78, 5) is 22.4. The molecule has 6 heteroatoms. The summed E-state index contributed by atoms with van der Waals surface area (Å²) in [5.41, 5.74) is 0.610. The molecule has 1 aromatic carbocycles. The number of rotatable bonds is 5. The van der Waals surface area contributed by atoms with E-state index in [1.807, 2.05) is 0 Å². The van der Waals surface area contributed by atoms with E-state index < -0.39 is 24.1 Å². The molecule has 2 amide bonds. The van der Waals surface area contributed by atoms with Crippen molar-refractivity contribution in [1.29, 1.82) is 0 Å². The highest BCUT2D eigenvalue weighted by atomic mass is 19.1. The summed E-state index contributed by atoms with van der Waals surface area (Å²) >= 11 is 0. The Morgan fingerprint density at radius 2 is 2.05 bits per heavy atom. The molecule has 0 saturated carbocycles. The Labute approximate surface area is 110 Å².